The number of hydrogen-bond donors (Lipinski definition) is 0. The zero-order valence-electron chi connectivity index (χ0n) is 9.81. The SMILES string of the molecule is O=C(CS(=O)c1ccccc1)c1ccc(F)c(F)c1. The van der Waals surface area contributed by atoms with Gasteiger partial charge in [-0.15, -0.1) is 0 Å². The van der Waals surface area contributed by atoms with Crippen molar-refractivity contribution in [2.45, 2.75) is 4.90 Å². The first-order chi connectivity index (χ1) is 9.08. The van der Waals surface area contributed by atoms with Gasteiger partial charge in [-0.1, -0.05) is 18.2 Å². The molecule has 0 radical (unpaired) electrons. The number of ketones is 1. The first-order valence-corrected chi connectivity index (χ1v) is 6.81. The Labute approximate surface area is 111 Å². The highest BCUT2D eigenvalue weighted by Gasteiger charge is 2.14. The third-order valence-corrected chi connectivity index (χ3v) is 3.83. The van der Waals surface area contributed by atoms with Gasteiger partial charge in [0.05, 0.1) is 16.6 Å². The van der Waals surface area contributed by atoms with Crippen molar-refractivity contribution in [1.29, 1.82) is 0 Å². The molecular weight excluding hydrogens is 270 g/mol. The number of carbonyl (C=O) groups excluding carboxylic acids is 1. The smallest absolute Gasteiger partial charge is 0.175 e. The van der Waals surface area contributed by atoms with Crippen LogP contribution >= 0.6 is 0 Å². The zero-order chi connectivity index (χ0) is 13.8. The molecule has 0 aliphatic heterocycles. The van der Waals surface area contributed by atoms with Crippen molar-refractivity contribution in [2.75, 3.05) is 5.75 Å². The Hall–Kier alpha value is -1.88. The Balaban J connectivity index is 2.13. The van der Waals surface area contributed by atoms with Crippen LogP contribution in [0.4, 0.5) is 8.78 Å². The fourth-order valence-corrected chi connectivity index (χ4v) is 2.56. The molecule has 0 bridgehead atoms. The van der Waals surface area contributed by atoms with Crippen LogP contribution in [0.25, 0.3) is 0 Å². The highest BCUT2D eigenvalue weighted by Crippen LogP contribution is 2.12. The van der Waals surface area contributed by atoms with Gasteiger partial charge in [0.1, 0.15) is 0 Å². The summed E-state index contributed by atoms with van der Waals surface area (Å²) in [5.74, 6) is -2.84. The number of halogens is 2. The lowest BCUT2D eigenvalue weighted by Gasteiger charge is -2.03. The normalized spacial score (nSPS) is 12.1. The third-order valence-electron chi connectivity index (χ3n) is 2.51. The van der Waals surface area contributed by atoms with E-state index in [1.807, 2.05) is 0 Å². The van der Waals surface area contributed by atoms with Crippen LogP contribution in [-0.4, -0.2) is 15.7 Å². The molecule has 0 N–H and O–H groups in total. The molecule has 0 aliphatic carbocycles. The van der Waals surface area contributed by atoms with Crippen LogP contribution in [0, 0.1) is 11.6 Å². The number of Topliss-reactive ketones (excluding diaryl/α,β-unsaturated/α-hetero) is 1. The minimum atomic E-state index is -1.49. The maximum absolute atomic E-state index is 13.0. The Morgan fingerprint density at radius 2 is 1.68 bits per heavy atom. The fourth-order valence-electron chi connectivity index (χ4n) is 1.53. The van der Waals surface area contributed by atoms with Crippen LogP contribution in [0.15, 0.2) is 53.4 Å². The van der Waals surface area contributed by atoms with Gasteiger partial charge in [-0.25, -0.2) is 8.78 Å². The van der Waals surface area contributed by atoms with Crippen LogP contribution in [-0.2, 0) is 10.8 Å². The van der Waals surface area contributed by atoms with Gasteiger partial charge in [-0.3, -0.25) is 9.00 Å². The molecule has 2 aromatic rings. The van der Waals surface area contributed by atoms with Crippen molar-refractivity contribution >= 4 is 16.6 Å². The third kappa shape index (κ3) is 3.32. The number of rotatable bonds is 4. The molecule has 0 saturated carbocycles. The molecule has 0 saturated heterocycles. The second-order valence-electron chi connectivity index (χ2n) is 3.85. The van der Waals surface area contributed by atoms with Crippen molar-refractivity contribution in [3.63, 3.8) is 0 Å². The minimum Gasteiger partial charge on any atom is -0.293 e. The van der Waals surface area contributed by atoms with Crippen LogP contribution < -0.4 is 0 Å². The van der Waals surface area contributed by atoms with E-state index in [1.165, 1.54) is 6.07 Å². The summed E-state index contributed by atoms with van der Waals surface area (Å²) in [4.78, 5) is 12.3. The van der Waals surface area contributed by atoms with Gasteiger partial charge in [0, 0.05) is 10.5 Å². The lowest BCUT2D eigenvalue weighted by Crippen LogP contribution is -2.11. The van der Waals surface area contributed by atoms with Crippen LogP contribution in [0.3, 0.4) is 0 Å². The Morgan fingerprint density at radius 3 is 2.32 bits per heavy atom. The van der Waals surface area contributed by atoms with Gasteiger partial charge in [0.15, 0.2) is 17.4 Å². The average Bonchev–Trinajstić information content (AvgIpc) is 2.42. The second kappa shape index (κ2) is 5.84. The molecule has 2 aromatic carbocycles. The summed E-state index contributed by atoms with van der Waals surface area (Å²) in [5, 5.41) is 0. The molecule has 2 rings (SSSR count). The number of carbonyl (C=O) groups is 1. The van der Waals surface area contributed by atoms with E-state index < -0.39 is 28.2 Å². The summed E-state index contributed by atoms with van der Waals surface area (Å²) in [7, 11) is -1.49. The molecule has 0 aliphatic rings. The second-order valence-corrected chi connectivity index (χ2v) is 5.31. The van der Waals surface area contributed by atoms with Crippen LogP contribution in [0.2, 0.25) is 0 Å². The summed E-state index contributed by atoms with van der Waals surface area (Å²) in [5.41, 5.74) is 0.0168. The molecular formula is C14H10F2O2S. The first-order valence-electron chi connectivity index (χ1n) is 5.49. The molecule has 1 unspecified atom stereocenters. The van der Waals surface area contributed by atoms with Crippen molar-refractivity contribution in [3.8, 4) is 0 Å². The van der Waals surface area contributed by atoms with E-state index in [0.29, 0.717) is 4.90 Å². The topological polar surface area (TPSA) is 34.1 Å². The van der Waals surface area contributed by atoms with Crippen molar-refractivity contribution in [2.24, 2.45) is 0 Å². The molecule has 5 heteroatoms. The van der Waals surface area contributed by atoms with Gasteiger partial charge in [-0.2, -0.15) is 0 Å². The number of hydrogen-bond acceptors (Lipinski definition) is 2. The fraction of sp³-hybridized carbons (Fsp3) is 0.0714. The van der Waals surface area contributed by atoms with E-state index in [-0.39, 0.29) is 11.3 Å². The molecule has 98 valence electrons. The summed E-state index contributed by atoms with van der Waals surface area (Å²) < 4.78 is 37.6. The highest BCUT2D eigenvalue weighted by molar-refractivity contribution is 7.85. The molecule has 1 atom stereocenters. The molecule has 0 fully saturated rings. The van der Waals surface area contributed by atoms with E-state index >= 15 is 0 Å². The quantitative estimate of drug-likeness (QED) is 0.807. The van der Waals surface area contributed by atoms with Crippen LogP contribution in [0.5, 0.6) is 0 Å². The van der Waals surface area contributed by atoms with Gasteiger partial charge in [0.25, 0.3) is 0 Å². The lowest BCUT2D eigenvalue weighted by molar-refractivity contribution is 0.102. The zero-order valence-corrected chi connectivity index (χ0v) is 10.6. The average molecular weight is 280 g/mol. The van der Waals surface area contributed by atoms with Gasteiger partial charge < -0.3 is 0 Å². The van der Waals surface area contributed by atoms with Gasteiger partial charge in [-0.05, 0) is 30.3 Å². The molecule has 2 nitrogen and oxygen atoms in total. The standard InChI is InChI=1S/C14H10F2O2S/c15-12-7-6-10(8-13(12)16)14(17)9-19(18)11-4-2-1-3-5-11/h1-8H,9H2. The monoisotopic (exact) mass is 280 g/mol. The maximum Gasteiger partial charge on any atom is 0.175 e. The van der Waals surface area contributed by atoms with E-state index in [1.54, 1.807) is 30.3 Å². The first kappa shape index (κ1) is 13.5. The predicted octanol–water partition coefficient (Wildman–Crippen LogP) is 2.96. The Morgan fingerprint density at radius 1 is 1.00 bits per heavy atom. The summed E-state index contributed by atoms with van der Waals surface area (Å²) in [6, 6.07) is 11.4. The highest BCUT2D eigenvalue weighted by atomic mass is 32.2. The summed E-state index contributed by atoms with van der Waals surface area (Å²) >= 11 is 0. The van der Waals surface area contributed by atoms with Gasteiger partial charge in [0.2, 0.25) is 0 Å². The lowest BCUT2D eigenvalue weighted by atomic mass is 10.1. The Bertz CT molecular complexity index is 627. The molecule has 0 amide bonds. The van der Waals surface area contributed by atoms with Gasteiger partial charge >= 0.3 is 0 Å². The van der Waals surface area contributed by atoms with E-state index in [4.69, 9.17) is 0 Å². The summed E-state index contributed by atoms with van der Waals surface area (Å²) in [6.45, 7) is 0. The predicted molar refractivity (Wildman–Crippen MR) is 68.4 cm³/mol. The minimum absolute atomic E-state index is 0.0168. The van der Waals surface area contributed by atoms with E-state index in [9.17, 15) is 17.8 Å². The maximum atomic E-state index is 13.0. The molecule has 0 spiro atoms. The van der Waals surface area contributed by atoms with Crippen molar-refractivity contribution < 1.29 is 17.8 Å². The molecule has 19 heavy (non-hydrogen) atoms. The largest absolute Gasteiger partial charge is 0.293 e. The summed E-state index contributed by atoms with van der Waals surface area (Å²) in [6.07, 6.45) is 0. The van der Waals surface area contributed by atoms with E-state index in [2.05, 4.69) is 0 Å². The van der Waals surface area contributed by atoms with Crippen molar-refractivity contribution in [3.05, 3.63) is 65.7 Å². The van der Waals surface area contributed by atoms with Crippen molar-refractivity contribution in [1.82, 2.24) is 0 Å². The number of benzene rings is 2. The van der Waals surface area contributed by atoms with E-state index in [0.717, 1.165) is 12.1 Å². The van der Waals surface area contributed by atoms with Crippen LogP contribution in [0.1, 0.15) is 10.4 Å². The molecule has 0 heterocycles. The molecule has 0 aromatic heterocycles. The Kier molecular flexibility index (Phi) is 4.16.